The predicted molar refractivity (Wildman–Crippen MR) is 88.9 cm³/mol. The molecule has 0 saturated carbocycles. The highest BCUT2D eigenvalue weighted by atomic mass is 19.1. The van der Waals surface area contributed by atoms with Gasteiger partial charge in [0.2, 0.25) is 0 Å². The summed E-state index contributed by atoms with van der Waals surface area (Å²) in [4.78, 5) is 12.3. The molecule has 3 nitrogen and oxygen atoms in total. The Bertz CT molecular complexity index is 668. The maximum absolute atomic E-state index is 12.9. The van der Waals surface area contributed by atoms with Gasteiger partial charge in [-0.05, 0) is 55.2 Å². The van der Waals surface area contributed by atoms with Crippen molar-refractivity contribution in [3.05, 3.63) is 65.0 Å². The van der Waals surface area contributed by atoms with Crippen molar-refractivity contribution in [2.45, 2.75) is 39.8 Å². The van der Waals surface area contributed by atoms with Crippen LogP contribution in [-0.2, 0) is 11.3 Å². The molecule has 1 unspecified atom stereocenters. The van der Waals surface area contributed by atoms with Crippen LogP contribution in [0.5, 0.6) is 5.75 Å². The summed E-state index contributed by atoms with van der Waals surface area (Å²) in [5, 5.41) is 2.84. The van der Waals surface area contributed by atoms with Crippen molar-refractivity contribution in [1.82, 2.24) is 5.32 Å². The van der Waals surface area contributed by atoms with E-state index in [-0.39, 0.29) is 11.7 Å². The number of halogens is 1. The second kappa shape index (κ2) is 7.77. The van der Waals surface area contributed by atoms with Gasteiger partial charge in [-0.1, -0.05) is 31.2 Å². The molecule has 0 aliphatic carbocycles. The Hall–Kier alpha value is -2.36. The smallest absolute Gasteiger partial charge is 0.261 e. The van der Waals surface area contributed by atoms with Crippen molar-refractivity contribution in [3.63, 3.8) is 0 Å². The molecule has 23 heavy (non-hydrogen) atoms. The van der Waals surface area contributed by atoms with Crippen LogP contribution in [0.4, 0.5) is 4.39 Å². The highest BCUT2D eigenvalue weighted by Gasteiger charge is 2.18. The summed E-state index contributed by atoms with van der Waals surface area (Å²) in [6, 6.07) is 12.0. The molecule has 0 fully saturated rings. The molecule has 0 spiro atoms. The van der Waals surface area contributed by atoms with Gasteiger partial charge in [0.15, 0.2) is 6.10 Å². The summed E-state index contributed by atoms with van der Waals surface area (Å²) in [5.41, 5.74) is 2.94. The Morgan fingerprint density at radius 3 is 2.52 bits per heavy atom. The monoisotopic (exact) mass is 315 g/mol. The third-order valence-corrected chi connectivity index (χ3v) is 3.66. The second-order valence-corrected chi connectivity index (χ2v) is 5.63. The van der Waals surface area contributed by atoms with Crippen molar-refractivity contribution in [3.8, 4) is 5.75 Å². The van der Waals surface area contributed by atoms with Crippen LogP contribution in [0, 0.1) is 19.7 Å². The number of nitrogens with one attached hydrogen (secondary N) is 1. The van der Waals surface area contributed by atoms with Crippen molar-refractivity contribution in [2.75, 3.05) is 0 Å². The lowest BCUT2D eigenvalue weighted by Crippen LogP contribution is -2.37. The van der Waals surface area contributed by atoms with Crippen LogP contribution in [0.2, 0.25) is 0 Å². The Labute approximate surface area is 136 Å². The Morgan fingerprint density at radius 2 is 1.87 bits per heavy atom. The lowest BCUT2D eigenvalue weighted by Gasteiger charge is -2.19. The van der Waals surface area contributed by atoms with E-state index in [0.717, 1.165) is 22.4 Å². The average Bonchev–Trinajstić information content (AvgIpc) is 2.54. The standard InChI is InChI=1S/C19H22FNO2/c1-4-17(23-18-11-13(2)5-6-14(18)3)19(22)21-12-15-7-9-16(20)10-8-15/h5-11,17H,4,12H2,1-3H3,(H,21,22). The van der Waals surface area contributed by atoms with Crippen molar-refractivity contribution in [1.29, 1.82) is 0 Å². The fraction of sp³-hybridized carbons (Fsp3) is 0.316. The number of amides is 1. The van der Waals surface area contributed by atoms with Gasteiger partial charge < -0.3 is 10.1 Å². The molecular weight excluding hydrogens is 293 g/mol. The zero-order valence-corrected chi connectivity index (χ0v) is 13.7. The molecule has 0 radical (unpaired) electrons. The molecule has 122 valence electrons. The van der Waals surface area contributed by atoms with Crippen LogP contribution in [0.15, 0.2) is 42.5 Å². The topological polar surface area (TPSA) is 38.3 Å². The van der Waals surface area contributed by atoms with Crippen LogP contribution in [0.25, 0.3) is 0 Å². The zero-order chi connectivity index (χ0) is 16.8. The van der Waals surface area contributed by atoms with Crippen LogP contribution in [0.1, 0.15) is 30.0 Å². The summed E-state index contributed by atoms with van der Waals surface area (Å²) < 4.78 is 18.7. The van der Waals surface area contributed by atoms with E-state index in [0.29, 0.717) is 13.0 Å². The first-order chi connectivity index (χ1) is 11.0. The number of ether oxygens (including phenoxy) is 1. The molecule has 1 amide bonds. The minimum atomic E-state index is -0.545. The quantitative estimate of drug-likeness (QED) is 0.877. The van der Waals surface area contributed by atoms with E-state index in [2.05, 4.69) is 5.32 Å². The van der Waals surface area contributed by atoms with Gasteiger partial charge in [0, 0.05) is 6.54 Å². The molecule has 0 heterocycles. The maximum Gasteiger partial charge on any atom is 0.261 e. The van der Waals surface area contributed by atoms with Crippen molar-refractivity contribution >= 4 is 5.91 Å². The van der Waals surface area contributed by atoms with Gasteiger partial charge in [0.1, 0.15) is 11.6 Å². The molecule has 2 aromatic carbocycles. The molecule has 4 heteroatoms. The average molecular weight is 315 g/mol. The fourth-order valence-corrected chi connectivity index (χ4v) is 2.22. The first-order valence-electron chi connectivity index (χ1n) is 7.75. The summed E-state index contributed by atoms with van der Waals surface area (Å²) >= 11 is 0. The van der Waals surface area contributed by atoms with Gasteiger partial charge in [-0.25, -0.2) is 4.39 Å². The minimum absolute atomic E-state index is 0.169. The van der Waals surface area contributed by atoms with Crippen LogP contribution in [-0.4, -0.2) is 12.0 Å². The fourth-order valence-electron chi connectivity index (χ4n) is 2.22. The number of carbonyl (C=O) groups excluding carboxylic acids is 1. The normalized spacial score (nSPS) is 11.8. The van der Waals surface area contributed by atoms with E-state index in [1.165, 1.54) is 12.1 Å². The molecular formula is C19H22FNO2. The van der Waals surface area contributed by atoms with E-state index in [4.69, 9.17) is 4.74 Å². The molecule has 2 aromatic rings. The molecule has 1 N–H and O–H groups in total. The van der Waals surface area contributed by atoms with Gasteiger partial charge in [-0.2, -0.15) is 0 Å². The van der Waals surface area contributed by atoms with Crippen LogP contribution >= 0.6 is 0 Å². The Morgan fingerprint density at radius 1 is 1.17 bits per heavy atom. The van der Waals surface area contributed by atoms with Gasteiger partial charge in [-0.15, -0.1) is 0 Å². The minimum Gasteiger partial charge on any atom is -0.480 e. The van der Waals surface area contributed by atoms with Crippen molar-refractivity contribution in [2.24, 2.45) is 0 Å². The third-order valence-electron chi connectivity index (χ3n) is 3.66. The molecule has 2 rings (SSSR count). The highest BCUT2D eigenvalue weighted by molar-refractivity contribution is 5.81. The molecule has 0 bridgehead atoms. The SMILES string of the molecule is CCC(Oc1cc(C)ccc1C)C(=O)NCc1ccc(F)cc1. The first kappa shape index (κ1) is 17.0. The third kappa shape index (κ3) is 4.81. The number of benzene rings is 2. The van der Waals surface area contributed by atoms with E-state index < -0.39 is 6.10 Å². The molecule has 0 aliphatic heterocycles. The van der Waals surface area contributed by atoms with Crippen LogP contribution in [0.3, 0.4) is 0 Å². The van der Waals surface area contributed by atoms with Gasteiger partial charge in [0.25, 0.3) is 5.91 Å². The van der Waals surface area contributed by atoms with Crippen LogP contribution < -0.4 is 10.1 Å². The van der Waals surface area contributed by atoms with E-state index in [1.54, 1.807) is 12.1 Å². The maximum atomic E-state index is 12.9. The molecule has 0 aromatic heterocycles. The van der Waals surface area contributed by atoms with Gasteiger partial charge in [-0.3, -0.25) is 4.79 Å². The Kier molecular flexibility index (Phi) is 5.74. The predicted octanol–water partition coefficient (Wildman–Crippen LogP) is 3.92. The van der Waals surface area contributed by atoms with Gasteiger partial charge >= 0.3 is 0 Å². The number of hydrogen-bond donors (Lipinski definition) is 1. The van der Waals surface area contributed by atoms with E-state index in [1.807, 2.05) is 39.0 Å². The summed E-state index contributed by atoms with van der Waals surface area (Å²) in [7, 11) is 0. The lowest BCUT2D eigenvalue weighted by molar-refractivity contribution is -0.128. The second-order valence-electron chi connectivity index (χ2n) is 5.63. The largest absolute Gasteiger partial charge is 0.480 e. The first-order valence-corrected chi connectivity index (χ1v) is 7.75. The number of aryl methyl sites for hydroxylation is 2. The summed E-state index contributed by atoms with van der Waals surface area (Å²) in [5.74, 6) is 0.274. The highest BCUT2D eigenvalue weighted by Crippen LogP contribution is 2.21. The molecule has 0 saturated heterocycles. The lowest BCUT2D eigenvalue weighted by atomic mass is 10.1. The molecule has 1 atom stereocenters. The number of carbonyl (C=O) groups is 1. The summed E-state index contributed by atoms with van der Waals surface area (Å²) in [6.07, 6.45) is 0.0266. The number of rotatable bonds is 6. The van der Waals surface area contributed by atoms with Crippen molar-refractivity contribution < 1.29 is 13.9 Å². The molecule has 0 aliphatic rings. The van der Waals surface area contributed by atoms with E-state index >= 15 is 0 Å². The number of hydrogen-bond acceptors (Lipinski definition) is 2. The van der Waals surface area contributed by atoms with E-state index in [9.17, 15) is 9.18 Å². The Balaban J connectivity index is 1.98. The summed E-state index contributed by atoms with van der Waals surface area (Å²) in [6.45, 7) is 6.21. The zero-order valence-electron chi connectivity index (χ0n) is 13.7. The van der Waals surface area contributed by atoms with Gasteiger partial charge in [0.05, 0.1) is 0 Å².